The normalized spacial score (nSPS) is 16.0. The molecule has 0 bridgehead atoms. The summed E-state index contributed by atoms with van der Waals surface area (Å²) in [6.07, 6.45) is 0. The van der Waals surface area contributed by atoms with Gasteiger partial charge in [-0.2, -0.15) is 0 Å². The van der Waals surface area contributed by atoms with Crippen LogP contribution in [0.5, 0.6) is 0 Å². The Morgan fingerprint density at radius 2 is 2.27 bits per heavy atom. The van der Waals surface area contributed by atoms with Crippen LogP contribution in [0, 0.1) is 6.92 Å². The minimum atomic E-state index is 0.627. The van der Waals surface area contributed by atoms with E-state index in [9.17, 15) is 0 Å². The van der Waals surface area contributed by atoms with Crippen molar-refractivity contribution in [3.8, 4) is 0 Å². The summed E-state index contributed by atoms with van der Waals surface area (Å²) in [7, 11) is 0. The van der Waals surface area contributed by atoms with E-state index in [1.807, 2.05) is 25.1 Å². The summed E-state index contributed by atoms with van der Waals surface area (Å²) in [6, 6.07) is 5.68. The van der Waals surface area contributed by atoms with Crippen LogP contribution in [0.2, 0.25) is 5.02 Å². The largest absolute Gasteiger partial charge is 0.258 e. The molecule has 0 saturated carbocycles. The van der Waals surface area contributed by atoms with Gasteiger partial charge in [0.05, 0.1) is 11.6 Å². The maximum absolute atomic E-state index is 6.01. The highest BCUT2D eigenvalue weighted by Crippen LogP contribution is 2.29. The molecule has 2 rings (SSSR count). The topological polar surface area (TPSA) is 37.1 Å². The first-order valence-corrected chi connectivity index (χ1v) is 5.98. The first-order chi connectivity index (χ1) is 7.27. The molecule has 0 unspecified atom stereocenters. The van der Waals surface area contributed by atoms with E-state index in [2.05, 4.69) is 15.2 Å². The minimum absolute atomic E-state index is 0.627. The van der Waals surface area contributed by atoms with Gasteiger partial charge in [0, 0.05) is 5.75 Å². The number of aryl methyl sites for hydroxylation is 1. The van der Waals surface area contributed by atoms with E-state index in [1.54, 1.807) is 11.8 Å². The van der Waals surface area contributed by atoms with Gasteiger partial charge in [-0.3, -0.25) is 4.99 Å². The average molecular weight is 240 g/mol. The Morgan fingerprint density at radius 1 is 1.40 bits per heavy atom. The summed E-state index contributed by atoms with van der Waals surface area (Å²) in [5.41, 5.74) is 1.75. The molecular weight excluding hydrogens is 230 g/mol. The highest BCUT2D eigenvalue weighted by Gasteiger charge is 2.06. The van der Waals surface area contributed by atoms with Gasteiger partial charge < -0.3 is 0 Å². The molecule has 1 heterocycles. The quantitative estimate of drug-likeness (QED) is 0.686. The minimum Gasteiger partial charge on any atom is -0.258 e. The molecule has 1 aliphatic rings. The predicted molar refractivity (Wildman–Crippen MR) is 65.5 cm³/mol. The van der Waals surface area contributed by atoms with Gasteiger partial charge in [-0.05, 0) is 18.6 Å². The monoisotopic (exact) mass is 239 g/mol. The summed E-state index contributed by atoms with van der Waals surface area (Å²) >= 11 is 7.63. The van der Waals surface area contributed by atoms with Gasteiger partial charge >= 0.3 is 0 Å². The van der Waals surface area contributed by atoms with Crippen LogP contribution in [0.1, 0.15) is 5.56 Å². The number of amidine groups is 1. The van der Waals surface area contributed by atoms with Gasteiger partial charge in [0.1, 0.15) is 5.69 Å². The summed E-state index contributed by atoms with van der Waals surface area (Å²) in [5, 5.41) is 9.57. The molecule has 15 heavy (non-hydrogen) atoms. The second-order valence-electron chi connectivity index (χ2n) is 3.12. The summed E-state index contributed by atoms with van der Waals surface area (Å²) in [5.74, 6) is 0.996. The number of hydrogen-bond donors (Lipinski definition) is 0. The van der Waals surface area contributed by atoms with Gasteiger partial charge in [0.25, 0.3) is 0 Å². The van der Waals surface area contributed by atoms with Crippen molar-refractivity contribution in [2.75, 3.05) is 12.3 Å². The summed E-state index contributed by atoms with van der Waals surface area (Å²) in [6.45, 7) is 2.80. The molecule has 0 radical (unpaired) electrons. The Kier molecular flexibility index (Phi) is 3.38. The molecule has 0 N–H and O–H groups in total. The number of hydrogen-bond acceptors (Lipinski definition) is 4. The Balaban J connectivity index is 2.23. The highest BCUT2D eigenvalue weighted by molar-refractivity contribution is 8.14. The van der Waals surface area contributed by atoms with Gasteiger partial charge in [0.2, 0.25) is 5.17 Å². The molecule has 1 aliphatic heterocycles. The zero-order chi connectivity index (χ0) is 10.7. The number of rotatable bonds is 1. The number of azo groups is 1. The molecule has 0 aromatic heterocycles. The molecule has 1 aromatic rings. The fraction of sp³-hybridized carbons (Fsp3) is 0.300. The Labute approximate surface area is 97.7 Å². The van der Waals surface area contributed by atoms with E-state index in [0.717, 1.165) is 28.7 Å². The van der Waals surface area contributed by atoms with Crippen molar-refractivity contribution >= 4 is 34.2 Å². The summed E-state index contributed by atoms with van der Waals surface area (Å²) < 4.78 is 0. The third kappa shape index (κ3) is 2.58. The number of benzene rings is 1. The second kappa shape index (κ2) is 4.77. The van der Waals surface area contributed by atoms with Gasteiger partial charge in [-0.25, -0.2) is 0 Å². The van der Waals surface area contributed by atoms with Gasteiger partial charge in [-0.1, -0.05) is 35.5 Å². The van der Waals surface area contributed by atoms with Crippen LogP contribution < -0.4 is 0 Å². The third-order valence-electron chi connectivity index (χ3n) is 1.99. The molecule has 78 valence electrons. The van der Waals surface area contributed by atoms with Gasteiger partial charge in [-0.15, -0.1) is 10.2 Å². The molecule has 0 spiro atoms. The molecule has 0 atom stereocenters. The second-order valence-corrected chi connectivity index (χ2v) is 4.59. The van der Waals surface area contributed by atoms with Crippen LogP contribution in [0.3, 0.4) is 0 Å². The number of thioether (sulfide) groups is 1. The van der Waals surface area contributed by atoms with Gasteiger partial charge in [0.15, 0.2) is 0 Å². The molecule has 0 aliphatic carbocycles. The Bertz CT molecular complexity index is 408. The fourth-order valence-electron chi connectivity index (χ4n) is 1.23. The summed E-state index contributed by atoms with van der Waals surface area (Å²) in [4.78, 5) is 4.19. The van der Waals surface area contributed by atoms with E-state index in [1.165, 1.54) is 0 Å². The molecule has 5 heteroatoms. The molecule has 0 saturated heterocycles. The average Bonchev–Trinajstić information content (AvgIpc) is 2.70. The van der Waals surface area contributed by atoms with Crippen LogP contribution in [0.15, 0.2) is 33.4 Å². The van der Waals surface area contributed by atoms with E-state index in [4.69, 9.17) is 11.6 Å². The van der Waals surface area contributed by atoms with E-state index in [0.29, 0.717) is 5.02 Å². The lowest BCUT2D eigenvalue weighted by atomic mass is 10.2. The highest BCUT2D eigenvalue weighted by atomic mass is 35.5. The van der Waals surface area contributed by atoms with Crippen molar-refractivity contribution in [2.45, 2.75) is 6.92 Å². The first-order valence-electron chi connectivity index (χ1n) is 4.61. The maximum Gasteiger partial charge on any atom is 0.204 e. The van der Waals surface area contributed by atoms with Crippen molar-refractivity contribution in [3.63, 3.8) is 0 Å². The first kappa shape index (κ1) is 10.6. The smallest absolute Gasteiger partial charge is 0.204 e. The molecule has 0 amide bonds. The third-order valence-corrected chi connectivity index (χ3v) is 3.15. The lowest BCUT2D eigenvalue weighted by Gasteiger charge is -1.99. The molecule has 0 fully saturated rings. The number of nitrogens with zero attached hydrogens (tertiary/aromatic N) is 3. The number of aliphatic imine (C=N–C) groups is 1. The number of halogens is 1. The van der Waals surface area contributed by atoms with Crippen LogP contribution >= 0.6 is 23.4 Å². The van der Waals surface area contributed by atoms with Crippen molar-refractivity contribution in [1.82, 2.24) is 0 Å². The molecular formula is C10H10ClN3S. The van der Waals surface area contributed by atoms with Crippen LogP contribution in [0.4, 0.5) is 5.69 Å². The fourth-order valence-corrected chi connectivity index (χ4v) is 2.13. The maximum atomic E-state index is 6.01. The van der Waals surface area contributed by atoms with Crippen LogP contribution in [-0.2, 0) is 0 Å². The van der Waals surface area contributed by atoms with Crippen molar-refractivity contribution in [3.05, 3.63) is 28.8 Å². The predicted octanol–water partition coefficient (Wildman–Crippen LogP) is 3.83. The van der Waals surface area contributed by atoms with Crippen LogP contribution in [0.25, 0.3) is 0 Å². The zero-order valence-corrected chi connectivity index (χ0v) is 9.85. The lowest BCUT2D eigenvalue weighted by Crippen LogP contribution is -1.79. The standard InChI is InChI=1S/C10H10ClN3S/c1-7-3-2-4-8(11)9(7)13-14-10-12-5-6-15-10/h2-4H,5-6H2,1H3. The Hall–Kier alpha value is -0.870. The SMILES string of the molecule is Cc1cccc(Cl)c1N=NC1=NCCS1. The van der Waals surface area contributed by atoms with Crippen molar-refractivity contribution < 1.29 is 0 Å². The zero-order valence-electron chi connectivity index (χ0n) is 8.27. The van der Waals surface area contributed by atoms with E-state index in [-0.39, 0.29) is 0 Å². The Morgan fingerprint density at radius 3 is 2.93 bits per heavy atom. The van der Waals surface area contributed by atoms with Crippen LogP contribution in [-0.4, -0.2) is 17.5 Å². The van der Waals surface area contributed by atoms with E-state index < -0.39 is 0 Å². The van der Waals surface area contributed by atoms with Crippen molar-refractivity contribution in [1.29, 1.82) is 0 Å². The molecule has 1 aromatic carbocycles. The van der Waals surface area contributed by atoms with E-state index >= 15 is 0 Å². The molecule has 3 nitrogen and oxygen atoms in total. The van der Waals surface area contributed by atoms with Crippen molar-refractivity contribution in [2.24, 2.45) is 15.2 Å². The lowest BCUT2D eigenvalue weighted by molar-refractivity contribution is 1.16.